The second-order valence-corrected chi connectivity index (χ2v) is 4.61. The maximum Gasteiger partial charge on any atom is 0.303 e. The molecule has 0 aromatic heterocycles. The van der Waals surface area contributed by atoms with Gasteiger partial charge in [0.15, 0.2) is 0 Å². The molecule has 0 saturated heterocycles. The lowest BCUT2D eigenvalue weighted by Crippen LogP contribution is -2.39. The highest BCUT2D eigenvalue weighted by Crippen LogP contribution is 2.52. The highest BCUT2D eigenvalue weighted by Gasteiger charge is 2.54. The van der Waals surface area contributed by atoms with E-state index in [-0.39, 0.29) is 17.7 Å². The molecular weight excluding hydrogens is 168 g/mol. The van der Waals surface area contributed by atoms with Gasteiger partial charge in [0.05, 0.1) is 6.10 Å². The number of hydrogen-bond donors (Lipinski definition) is 1. The Hall–Kier alpha value is -0.570. The summed E-state index contributed by atoms with van der Waals surface area (Å²) in [5.74, 6) is 0.523. The van der Waals surface area contributed by atoms with Crippen LogP contribution in [0, 0.1) is 11.8 Å². The van der Waals surface area contributed by atoms with Crippen LogP contribution in [0.15, 0.2) is 0 Å². The standard InChI is InChI=1S/C10H16O3/c1-6(11)13-10(2)5-7-3-8(10)4-9(7)12/h7-9,12H,3-5H2,1-2H3. The summed E-state index contributed by atoms with van der Waals surface area (Å²) in [4.78, 5) is 10.9. The second-order valence-electron chi connectivity index (χ2n) is 4.61. The van der Waals surface area contributed by atoms with Gasteiger partial charge in [0.1, 0.15) is 5.60 Å². The van der Waals surface area contributed by atoms with Gasteiger partial charge in [-0.3, -0.25) is 4.79 Å². The van der Waals surface area contributed by atoms with Crippen LogP contribution >= 0.6 is 0 Å². The van der Waals surface area contributed by atoms with E-state index in [2.05, 4.69) is 0 Å². The average Bonchev–Trinajstić information content (AvgIpc) is 2.42. The van der Waals surface area contributed by atoms with Crippen molar-refractivity contribution in [3.63, 3.8) is 0 Å². The van der Waals surface area contributed by atoms with Crippen molar-refractivity contribution in [2.45, 2.75) is 44.8 Å². The molecule has 0 aromatic carbocycles. The van der Waals surface area contributed by atoms with Gasteiger partial charge in [0.2, 0.25) is 0 Å². The lowest BCUT2D eigenvalue weighted by atomic mass is 9.84. The predicted molar refractivity (Wildman–Crippen MR) is 47.0 cm³/mol. The molecule has 1 N–H and O–H groups in total. The summed E-state index contributed by atoms with van der Waals surface area (Å²) in [5, 5.41) is 9.55. The molecular formula is C10H16O3. The zero-order chi connectivity index (χ0) is 9.64. The zero-order valence-corrected chi connectivity index (χ0v) is 8.12. The van der Waals surface area contributed by atoms with Gasteiger partial charge in [-0.05, 0) is 32.1 Å². The monoisotopic (exact) mass is 184 g/mol. The number of carbonyl (C=O) groups is 1. The first-order valence-corrected chi connectivity index (χ1v) is 4.89. The molecule has 2 fully saturated rings. The van der Waals surface area contributed by atoms with E-state index in [0.29, 0.717) is 11.8 Å². The van der Waals surface area contributed by atoms with Gasteiger partial charge >= 0.3 is 5.97 Å². The molecule has 2 bridgehead atoms. The number of ether oxygens (including phenoxy) is 1. The minimum Gasteiger partial charge on any atom is -0.459 e. The van der Waals surface area contributed by atoms with E-state index in [9.17, 15) is 9.90 Å². The van der Waals surface area contributed by atoms with Crippen LogP contribution in [0.2, 0.25) is 0 Å². The zero-order valence-electron chi connectivity index (χ0n) is 8.12. The van der Waals surface area contributed by atoms with Gasteiger partial charge < -0.3 is 9.84 Å². The fourth-order valence-corrected chi connectivity index (χ4v) is 2.96. The van der Waals surface area contributed by atoms with E-state index in [1.165, 1.54) is 6.92 Å². The molecule has 13 heavy (non-hydrogen) atoms. The van der Waals surface area contributed by atoms with Crippen molar-refractivity contribution in [1.82, 2.24) is 0 Å². The summed E-state index contributed by atoms with van der Waals surface area (Å²) in [6.07, 6.45) is 2.49. The van der Waals surface area contributed by atoms with Crippen molar-refractivity contribution in [2.24, 2.45) is 11.8 Å². The lowest BCUT2D eigenvalue weighted by molar-refractivity contribution is -0.162. The normalized spacial score (nSPS) is 48.1. The fraction of sp³-hybridized carbons (Fsp3) is 0.900. The summed E-state index contributed by atoms with van der Waals surface area (Å²) < 4.78 is 5.33. The number of hydrogen-bond acceptors (Lipinski definition) is 3. The molecule has 2 aliphatic carbocycles. The third-order valence-corrected chi connectivity index (χ3v) is 3.57. The number of fused-ring (bicyclic) bond motifs is 2. The smallest absolute Gasteiger partial charge is 0.303 e. The third kappa shape index (κ3) is 1.35. The van der Waals surface area contributed by atoms with Crippen LogP contribution in [0.3, 0.4) is 0 Å². The Bertz CT molecular complexity index is 236. The van der Waals surface area contributed by atoms with E-state index in [1.807, 2.05) is 6.92 Å². The van der Waals surface area contributed by atoms with Crippen LogP contribution in [0.1, 0.15) is 33.1 Å². The Morgan fingerprint density at radius 3 is 2.62 bits per heavy atom. The minimum atomic E-state index is -0.296. The Labute approximate surface area is 78.1 Å². The topological polar surface area (TPSA) is 46.5 Å². The van der Waals surface area contributed by atoms with Gasteiger partial charge in [-0.1, -0.05) is 0 Å². The quantitative estimate of drug-likeness (QED) is 0.621. The van der Waals surface area contributed by atoms with Gasteiger partial charge in [0.25, 0.3) is 0 Å². The van der Waals surface area contributed by atoms with Crippen LogP contribution in [-0.4, -0.2) is 22.8 Å². The van der Waals surface area contributed by atoms with Crippen molar-refractivity contribution >= 4 is 5.97 Å². The van der Waals surface area contributed by atoms with Crippen LogP contribution in [0.4, 0.5) is 0 Å². The highest BCUT2D eigenvalue weighted by atomic mass is 16.6. The Kier molecular flexibility index (Phi) is 1.88. The lowest BCUT2D eigenvalue weighted by Gasteiger charge is -2.34. The van der Waals surface area contributed by atoms with E-state index in [4.69, 9.17) is 4.74 Å². The van der Waals surface area contributed by atoms with Gasteiger partial charge in [-0.2, -0.15) is 0 Å². The largest absolute Gasteiger partial charge is 0.459 e. The number of carbonyl (C=O) groups excluding carboxylic acids is 1. The summed E-state index contributed by atoms with van der Waals surface area (Å²) in [6, 6.07) is 0. The van der Waals surface area contributed by atoms with Crippen LogP contribution < -0.4 is 0 Å². The molecule has 0 aliphatic heterocycles. The number of rotatable bonds is 1. The summed E-state index contributed by atoms with van der Waals surface area (Å²) in [6.45, 7) is 3.44. The minimum absolute atomic E-state index is 0.159. The van der Waals surface area contributed by atoms with E-state index >= 15 is 0 Å². The van der Waals surface area contributed by atoms with E-state index in [1.54, 1.807) is 0 Å². The molecule has 3 heteroatoms. The van der Waals surface area contributed by atoms with Crippen molar-refractivity contribution in [3.05, 3.63) is 0 Å². The van der Waals surface area contributed by atoms with Gasteiger partial charge in [-0.25, -0.2) is 0 Å². The molecule has 2 aliphatic rings. The van der Waals surface area contributed by atoms with Gasteiger partial charge in [-0.15, -0.1) is 0 Å². The first-order chi connectivity index (χ1) is 6.01. The molecule has 74 valence electrons. The van der Waals surface area contributed by atoms with Gasteiger partial charge in [0, 0.05) is 12.8 Å². The molecule has 2 saturated carbocycles. The molecule has 0 aromatic rings. The molecule has 0 amide bonds. The molecule has 0 spiro atoms. The highest BCUT2D eigenvalue weighted by molar-refractivity contribution is 5.66. The van der Waals surface area contributed by atoms with E-state index < -0.39 is 0 Å². The Morgan fingerprint density at radius 2 is 2.23 bits per heavy atom. The second kappa shape index (κ2) is 2.71. The van der Waals surface area contributed by atoms with Crippen LogP contribution in [0.25, 0.3) is 0 Å². The first-order valence-electron chi connectivity index (χ1n) is 4.89. The summed E-state index contributed by atoms with van der Waals surface area (Å²) in [7, 11) is 0. The fourth-order valence-electron chi connectivity index (χ4n) is 2.96. The number of aliphatic hydroxyl groups excluding tert-OH is 1. The molecule has 0 heterocycles. The Balaban J connectivity index is 2.08. The molecule has 4 unspecified atom stereocenters. The van der Waals surface area contributed by atoms with Crippen LogP contribution in [-0.2, 0) is 9.53 Å². The van der Waals surface area contributed by atoms with E-state index in [0.717, 1.165) is 19.3 Å². The first kappa shape index (κ1) is 9.00. The maximum absolute atomic E-state index is 10.9. The SMILES string of the molecule is CC(=O)OC1(C)CC2CC1CC2O. The summed E-state index contributed by atoms with van der Waals surface area (Å²) >= 11 is 0. The molecule has 4 atom stereocenters. The van der Waals surface area contributed by atoms with Crippen molar-refractivity contribution in [2.75, 3.05) is 0 Å². The number of aliphatic hydroxyl groups is 1. The van der Waals surface area contributed by atoms with Crippen molar-refractivity contribution in [1.29, 1.82) is 0 Å². The molecule has 3 nitrogen and oxygen atoms in total. The number of esters is 1. The van der Waals surface area contributed by atoms with Crippen LogP contribution in [0.5, 0.6) is 0 Å². The average molecular weight is 184 g/mol. The predicted octanol–water partition coefficient (Wildman–Crippen LogP) is 1.10. The maximum atomic E-state index is 10.9. The molecule has 0 radical (unpaired) electrons. The van der Waals surface area contributed by atoms with Crippen molar-refractivity contribution < 1.29 is 14.6 Å². The van der Waals surface area contributed by atoms with Crippen molar-refractivity contribution in [3.8, 4) is 0 Å². The summed E-state index contributed by atoms with van der Waals surface area (Å²) in [5.41, 5.74) is -0.296. The third-order valence-electron chi connectivity index (χ3n) is 3.57. The molecule has 2 rings (SSSR count). The Morgan fingerprint density at radius 1 is 1.54 bits per heavy atom.